The lowest BCUT2D eigenvalue weighted by atomic mass is 10.2. The number of amides is 1. The van der Waals surface area contributed by atoms with E-state index in [-0.39, 0.29) is 11.9 Å². The maximum atomic E-state index is 14.6. The normalized spacial score (nSPS) is 22.0. The van der Waals surface area contributed by atoms with E-state index in [4.69, 9.17) is 4.74 Å². The molecule has 130 valence electrons. The fourth-order valence-corrected chi connectivity index (χ4v) is 3.93. The van der Waals surface area contributed by atoms with Gasteiger partial charge in [-0.15, -0.1) is 0 Å². The standard InChI is InChI=1S/C17H22FN3O2S/c1-19-11-14-12-21(17(22)23-14)13-4-5-16(15(18)10-13)20-6-2-8-24-9-3-7-20/h4-5,10,14H,1-3,6-9,11-12H2/t14-/m0/s1. The van der Waals surface area contributed by atoms with Gasteiger partial charge in [0.1, 0.15) is 11.9 Å². The van der Waals surface area contributed by atoms with Crippen molar-refractivity contribution in [3.63, 3.8) is 0 Å². The first kappa shape index (κ1) is 17.1. The summed E-state index contributed by atoms with van der Waals surface area (Å²) in [6, 6.07) is 4.98. The van der Waals surface area contributed by atoms with Crippen LogP contribution in [0.4, 0.5) is 20.6 Å². The third-order valence-corrected chi connectivity index (χ3v) is 5.38. The number of ether oxygens (including phenoxy) is 1. The summed E-state index contributed by atoms with van der Waals surface area (Å²) in [6.45, 7) is 5.87. The molecule has 0 aromatic heterocycles. The molecule has 1 aromatic carbocycles. The van der Waals surface area contributed by atoms with Crippen LogP contribution in [0.25, 0.3) is 0 Å². The van der Waals surface area contributed by atoms with Gasteiger partial charge in [-0.1, -0.05) is 0 Å². The maximum absolute atomic E-state index is 14.6. The molecule has 2 aliphatic heterocycles. The summed E-state index contributed by atoms with van der Waals surface area (Å²) in [4.78, 5) is 19.3. The number of benzene rings is 1. The van der Waals surface area contributed by atoms with Crippen LogP contribution in [0.1, 0.15) is 12.8 Å². The van der Waals surface area contributed by atoms with E-state index in [0.717, 1.165) is 37.4 Å². The molecule has 5 nitrogen and oxygen atoms in total. The second-order valence-corrected chi connectivity index (χ2v) is 7.19. The molecule has 1 amide bonds. The van der Waals surface area contributed by atoms with Gasteiger partial charge in [-0.2, -0.15) is 11.8 Å². The van der Waals surface area contributed by atoms with Gasteiger partial charge in [-0.05, 0) is 49.3 Å². The molecule has 1 aromatic rings. The SMILES string of the molecule is C=NC[C@H]1CN(c2ccc(N3CCCSCCC3)c(F)c2)C(=O)O1. The van der Waals surface area contributed by atoms with E-state index in [9.17, 15) is 9.18 Å². The molecule has 24 heavy (non-hydrogen) atoms. The largest absolute Gasteiger partial charge is 0.442 e. The molecule has 2 heterocycles. The smallest absolute Gasteiger partial charge is 0.414 e. The number of hydrogen-bond donors (Lipinski definition) is 0. The van der Waals surface area contributed by atoms with E-state index in [1.807, 2.05) is 11.8 Å². The average molecular weight is 351 g/mol. The molecule has 0 N–H and O–H groups in total. The lowest BCUT2D eigenvalue weighted by molar-refractivity contribution is 0.145. The molecule has 0 radical (unpaired) electrons. The van der Waals surface area contributed by atoms with Gasteiger partial charge in [0.25, 0.3) is 0 Å². The molecule has 7 heteroatoms. The zero-order valence-electron chi connectivity index (χ0n) is 13.6. The number of thioether (sulfide) groups is 1. The molecule has 0 spiro atoms. The molecule has 1 atom stereocenters. The highest BCUT2D eigenvalue weighted by molar-refractivity contribution is 7.99. The van der Waals surface area contributed by atoms with Gasteiger partial charge >= 0.3 is 6.09 Å². The fourth-order valence-electron chi connectivity index (χ4n) is 3.06. The lowest BCUT2D eigenvalue weighted by Crippen LogP contribution is -2.29. The minimum absolute atomic E-state index is 0.293. The Balaban J connectivity index is 1.74. The average Bonchev–Trinajstić information content (AvgIpc) is 2.89. The quantitative estimate of drug-likeness (QED) is 0.782. The zero-order valence-corrected chi connectivity index (χ0v) is 14.4. The molecule has 2 fully saturated rings. The highest BCUT2D eigenvalue weighted by Gasteiger charge is 2.32. The molecule has 0 aliphatic carbocycles. The van der Waals surface area contributed by atoms with Crippen LogP contribution in [0.2, 0.25) is 0 Å². The maximum Gasteiger partial charge on any atom is 0.414 e. The van der Waals surface area contributed by atoms with Crippen LogP contribution in [0, 0.1) is 5.82 Å². The molecule has 3 rings (SSSR count). The fraction of sp³-hybridized carbons (Fsp3) is 0.529. The summed E-state index contributed by atoms with van der Waals surface area (Å²) < 4.78 is 19.8. The van der Waals surface area contributed by atoms with Gasteiger partial charge in [0.2, 0.25) is 0 Å². The number of halogens is 1. The van der Waals surface area contributed by atoms with E-state index >= 15 is 0 Å². The Bertz CT molecular complexity index is 605. The van der Waals surface area contributed by atoms with Crippen molar-refractivity contribution in [1.82, 2.24) is 0 Å². The summed E-state index contributed by atoms with van der Waals surface area (Å²) in [6.07, 6.45) is 1.34. The van der Waals surface area contributed by atoms with Crippen LogP contribution in [0.5, 0.6) is 0 Å². The van der Waals surface area contributed by atoms with E-state index in [0.29, 0.717) is 24.5 Å². The van der Waals surface area contributed by atoms with Gasteiger partial charge in [-0.25, -0.2) is 9.18 Å². The summed E-state index contributed by atoms with van der Waals surface area (Å²) in [5.74, 6) is 1.95. The Hall–Kier alpha value is -1.76. The summed E-state index contributed by atoms with van der Waals surface area (Å²) >= 11 is 1.96. The van der Waals surface area contributed by atoms with Crippen molar-refractivity contribution in [2.75, 3.05) is 47.5 Å². The van der Waals surface area contributed by atoms with Crippen molar-refractivity contribution in [2.45, 2.75) is 18.9 Å². The number of aliphatic imine (C=N–C) groups is 1. The molecule has 0 unspecified atom stereocenters. The number of rotatable bonds is 4. The lowest BCUT2D eigenvalue weighted by Gasteiger charge is -2.27. The van der Waals surface area contributed by atoms with Crippen LogP contribution in [-0.2, 0) is 4.74 Å². The molecule has 2 aliphatic rings. The van der Waals surface area contributed by atoms with E-state index in [1.165, 1.54) is 11.0 Å². The molecule has 0 saturated carbocycles. The first-order valence-electron chi connectivity index (χ1n) is 8.22. The predicted octanol–water partition coefficient (Wildman–Crippen LogP) is 3.18. The summed E-state index contributed by atoms with van der Waals surface area (Å²) in [7, 11) is 0. The highest BCUT2D eigenvalue weighted by atomic mass is 32.2. The minimum Gasteiger partial charge on any atom is -0.442 e. The second-order valence-electron chi connectivity index (χ2n) is 5.96. The Kier molecular flexibility index (Phi) is 5.60. The van der Waals surface area contributed by atoms with Gasteiger partial charge in [0.15, 0.2) is 0 Å². The van der Waals surface area contributed by atoms with Gasteiger partial charge in [0.05, 0.1) is 24.5 Å². The van der Waals surface area contributed by atoms with Crippen LogP contribution >= 0.6 is 11.8 Å². The van der Waals surface area contributed by atoms with Gasteiger partial charge in [0, 0.05) is 13.1 Å². The Labute approximate surface area is 145 Å². The monoisotopic (exact) mass is 351 g/mol. The summed E-state index contributed by atoms with van der Waals surface area (Å²) in [5.41, 5.74) is 1.14. The van der Waals surface area contributed by atoms with Crippen LogP contribution in [-0.4, -0.2) is 56.6 Å². The Morgan fingerprint density at radius 3 is 2.75 bits per heavy atom. The van der Waals surface area contributed by atoms with Crippen molar-refractivity contribution in [2.24, 2.45) is 4.99 Å². The highest BCUT2D eigenvalue weighted by Crippen LogP contribution is 2.29. The van der Waals surface area contributed by atoms with Crippen molar-refractivity contribution in [1.29, 1.82) is 0 Å². The Morgan fingerprint density at radius 2 is 2.08 bits per heavy atom. The number of nitrogens with zero attached hydrogens (tertiary/aromatic N) is 3. The van der Waals surface area contributed by atoms with Crippen LogP contribution in [0.3, 0.4) is 0 Å². The first-order valence-corrected chi connectivity index (χ1v) is 9.37. The van der Waals surface area contributed by atoms with Crippen LogP contribution in [0.15, 0.2) is 23.2 Å². The van der Waals surface area contributed by atoms with Crippen molar-refractivity contribution < 1.29 is 13.9 Å². The van der Waals surface area contributed by atoms with Crippen molar-refractivity contribution in [3.8, 4) is 0 Å². The third-order valence-electron chi connectivity index (χ3n) is 4.22. The number of cyclic esters (lactones) is 1. The zero-order chi connectivity index (χ0) is 16.9. The van der Waals surface area contributed by atoms with Crippen LogP contribution < -0.4 is 9.80 Å². The van der Waals surface area contributed by atoms with E-state index in [1.54, 1.807) is 12.1 Å². The minimum atomic E-state index is -0.459. The number of hydrogen-bond acceptors (Lipinski definition) is 5. The molecule has 2 saturated heterocycles. The number of carbonyl (C=O) groups excluding carboxylic acids is 1. The summed E-state index contributed by atoms with van der Waals surface area (Å²) in [5, 5.41) is 0. The topological polar surface area (TPSA) is 45.1 Å². The van der Waals surface area contributed by atoms with Crippen molar-refractivity contribution >= 4 is 35.9 Å². The molecular weight excluding hydrogens is 329 g/mol. The Morgan fingerprint density at radius 1 is 1.33 bits per heavy atom. The van der Waals surface area contributed by atoms with Crippen molar-refractivity contribution in [3.05, 3.63) is 24.0 Å². The number of anilines is 2. The molecule has 0 bridgehead atoms. The second kappa shape index (κ2) is 7.88. The van der Waals surface area contributed by atoms with Gasteiger partial charge in [-0.3, -0.25) is 9.89 Å². The van der Waals surface area contributed by atoms with E-state index in [2.05, 4.69) is 16.6 Å². The third kappa shape index (κ3) is 3.83. The molecular formula is C17H22FN3O2S. The first-order chi connectivity index (χ1) is 11.7. The van der Waals surface area contributed by atoms with E-state index < -0.39 is 6.09 Å². The van der Waals surface area contributed by atoms with Gasteiger partial charge < -0.3 is 9.64 Å². The predicted molar refractivity (Wildman–Crippen MR) is 97.2 cm³/mol. The number of carbonyl (C=O) groups is 1.